The molecular formula is C20H45ClN3+3. The third kappa shape index (κ3) is 11.9. The molecule has 0 atom stereocenters. The van der Waals surface area contributed by atoms with Crippen LogP contribution in [-0.2, 0) is 12.3 Å². The van der Waals surface area contributed by atoms with E-state index in [2.05, 4.69) is 32.0 Å². The summed E-state index contributed by atoms with van der Waals surface area (Å²) in [5.41, 5.74) is 4.19. The van der Waals surface area contributed by atoms with E-state index in [-0.39, 0.29) is 18.5 Å². The van der Waals surface area contributed by atoms with Crippen LogP contribution in [0.25, 0.3) is 0 Å². The predicted octanol–water partition coefficient (Wildman–Crippen LogP) is 8.33. The van der Waals surface area contributed by atoms with E-state index in [9.17, 15) is 0 Å². The first-order valence-corrected chi connectivity index (χ1v) is 9.46. The van der Waals surface area contributed by atoms with Crippen molar-refractivity contribution in [2.45, 2.75) is 90.4 Å². The van der Waals surface area contributed by atoms with Crippen LogP contribution in [0.15, 0.2) is 18.2 Å². The van der Waals surface area contributed by atoms with Gasteiger partial charge in [0.2, 0.25) is 0 Å². The van der Waals surface area contributed by atoms with Gasteiger partial charge in [0.05, 0.1) is 0 Å². The lowest BCUT2D eigenvalue weighted by atomic mass is 9.98. The van der Waals surface area contributed by atoms with Gasteiger partial charge in [-0.25, -0.2) is 0 Å². The fraction of sp³-hybridized carbons (Fsp3) is 0.700. The summed E-state index contributed by atoms with van der Waals surface area (Å²) in [6.07, 6.45) is 15.3. The van der Waals surface area contributed by atoms with Gasteiger partial charge in [-0.3, -0.25) is 0 Å². The van der Waals surface area contributed by atoms with E-state index in [1.54, 1.807) is 0 Å². The molecule has 1 aromatic rings. The lowest BCUT2D eigenvalue weighted by Gasteiger charge is -2.09. The van der Waals surface area contributed by atoms with Crippen LogP contribution in [0, 0.1) is 6.92 Å². The van der Waals surface area contributed by atoms with Crippen LogP contribution in [0.5, 0.6) is 0 Å². The maximum absolute atomic E-state index is 5.97. The predicted molar refractivity (Wildman–Crippen MR) is 114 cm³/mol. The standard InChI is InChI=1S/C20H33Cl.3H3N/c1-3-4-5-6-7-8-9-10-11-12-14-19-15-13-16-20(17-21)18(19)2;;;/h13,15-16H,3-12,14,17H2,1-2H3;3*1H3/p+3. The van der Waals surface area contributed by atoms with E-state index >= 15 is 0 Å². The Morgan fingerprint density at radius 2 is 1.17 bits per heavy atom. The van der Waals surface area contributed by atoms with Crippen molar-refractivity contribution in [1.82, 2.24) is 18.5 Å². The van der Waals surface area contributed by atoms with Crippen molar-refractivity contribution in [3.05, 3.63) is 34.9 Å². The molecule has 0 aliphatic heterocycles. The second-order valence-corrected chi connectivity index (χ2v) is 6.53. The molecule has 0 aliphatic rings. The van der Waals surface area contributed by atoms with Crippen LogP contribution < -0.4 is 18.5 Å². The molecule has 24 heavy (non-hydrogen) atoms. The van der Waals surface area contributed by atoms with Crippen LogP contribution in [0.4, 0.5) is 0 Å². The number of quaternary nitrogens is 3. The summed E-state index contributed by atoms with van der Waals surface area (Å²) < 4.78 is 0. The molecule has 0 amide bonds. The molecule has 0 spiro atoms. The molecule has 0 fully saturated rings. The van der Waals surface area contributed by atoms with E-state index in [0.29, 0.717) is 5.88 Å². The van der Waals surface area contributed by atoms with Crippen LogP contribution >= 0.6 is 11.6 Å². The average molecular weight is 363 g/mol. The third-order valence-electron chi connectivity index (χ3n) is 4.50. The summed E-state index contributed by atoms with van der Waals surface area (Å²) in [4.78, 5) is 0. The van der Waals surface area contributed by atoms with E-state index in [1.807, 2.05) is 0 Å². The van der Waals surface area contributed by atoms with Gasteiger partial charge in [0.25, 0.3) is 0 Å². The van der Waals surface area contributed by atoms with Crippen molar-refractivity contribution in [2.75, 3.05) is 0 Å². The Bertz CT molecular complexity index is 383. The summed E-state index contributed by atoms with van der Waals surface area (Å²) in [7, 11) is 0. The molecule has 0 saturated carbocycles. The molecule has 1 aromatic carbocycles. The Balaban J connectivity index is -0.00000147. The lowest BCUT2D eigenvalue weighted by molar-refractivity contribution is 0.556. The number of hydrogen-bond donors (Lipinski definition) is 3. The summed E-state index contributed by atoms with van der Waals surface area (Å²) in [5, 5.41) is 0. The minimum atomic E-state index is 0. The second kappa shape index (κ2) is 18.7. The zero-order valence-corrected chi connectivity index (χ0v) is 17.9. The average Bonchev–Trinajstić information content (AvgIpc) is 2.50. The molecule has 12 N–H and O–H groups in total. The number of alkyl halides is 1. The van der Waals surface area contributed by atoms with Crippen molar-refractivity contribution in [3.63, 3.8) is 0 Å². The van der Waals surface area contributed by atoms with Gasteiger partial charge in [0, 0.05) is 5.88 Å². The first kappa shape index (κ1) is 28.2. The van der Waals surface area contributed by atoms with Crippen molar-refractivity contribution >= 4 is 11.6 Å². The van der Waals surface area contributed by atoms with E-state index in [4.69, 9.17) is 11.6 Å². The zero-order valence-electron chi connectivity index (χ0n) is 17.1. The van der Waals surface area contributed by atoms with Gasteiger partial charge in [0.1, 0.15) is 0 Å². The lowest BCUT2D eigenvalue weighted by Crippen LogP contribution is -1.94. The highest BCUT2D eigenvalue weighted by Gasteiger charge is 2.02. The smallest absolute Gasteiger partial charge is 0.0476 e. The van der Waals surface area contributed by atoms with Gasteiger partial charge >= 0.3 is 0 Å². The van der Waals surface area contributed by atoms with Gasteiger partial charge in [-0.1, -0.05) is 82.9 Å². The molecule has 0 aromatic heterocycles. The summed E-state index contributed by atoms with van der Waals surface area (Å²) >= 11 is 5.97. The number of unbranched alkanes of at least 4 members (excludes halogenated alkanes) is 9. The van der Waals surface area contributed by atoms with Gasteiger partial charge < -0.3 is 18.5 Å². The zero-order chi connectivity index (χ0) is 15.3. The highest BCUT2D eigenvalue weighted by atomic mass is 35.5. The molecule has 3 nitrogen and oxygen atoms in total. The topological polar surface area (TPSA) is 110 Å². The highest BCUT2D eigenvalue weighted by Crippen LogP contribution is 2.18. The Morgan fingerprint density at radius 3 is 1.67 bits per heavy atom. The van der Waals surface area contributed by atoms with Crippen molar-refractivity contribution in [1.29, 1.82) is 0 Å². The van der Waals surface area contributed by atoms with Crippen molar-refractivity contribution < 1.29 is 0 Å². The summed E-state index contributed by atoms with van der Waals surface area (Å²) in [6.45, 7) is 4.49. The largest absolute Gasteiger partial charge is 0.369 e. The maximum Gasteiger partial charge on any atom is 0.0476 e. The fourth-order valence-corrected chi connectivity index (χ4v) is 3.24. The van der Waals surface area contributed by atoms with Crippen LogP contribution in [0.2, 0.25) is 0 Å². The summed E-state index contributed by atoms with van der Waals surface area (Å²) in [6, 6.07) is 6.56. The first-order chi connectivity index (χ1) is 10.3. The Labute approximate surface area is 155 Å². The molecule has 4 heteroatoms. The minimum Gasteiger partial charge on any atom is -0.369 e. The normalized spacial score (nSPS) is 9.62. The second-order valence-electron chi connectivity index (χ2n) is 6.27. The molecule has 0 unspecified atom stereocenters. The molecule has 144 valence electrons. The number of aryl methyl sites for hydroxylation is 1. The first-order valence-electron chi connectivity index (χ1n) is 8.93. The number of rotatable bonds is 12. The van der Waals surface area contributed by atoms with Gasteiger partial charge in [-0.05, 0) is 36.5 Å². The SMILES string of the molecule is CCCCCCCCCCCCc1cccc(CCl)c1C.[NH4+].[NH4+].[NH4+]. The maximum atomic E-state index is 5.97. The Hall–Kier alpha value is -0.610. The van der Waals surface area contributed by atoms with E-state index in [0.717, 1.165) is 0 Å². The molecule has 0 saturated heterocycles. The molecule has 0 aliphatic carbocycles. The highest BCUT2D eigenvalue weighted by molar-refractivity contribution is 6.17. The van der Waals surface area contributed by atoms with Crippen molar-refractivity contribution in [3.8, 4) is 0 Å². The molecule has 1 rings (SSSR count). The Kier molecular flexibility index (Phi) is 22.0. The number of halogens is 1. The van der Waals surface area contributed by atoms with E-state index in [1.165, 1.54) is 87.3 Å². The van der Waals surface area contributed by atoms with Crippen LogP contribution in [0.3, 0.4) is 0 Å². The third-order valence-corrected chi connectivity index (χ3v) is 4.79. The number of benzene rings is 1. The van der Waals surface area contributed by atoms with Crippen LogP contribution in [0.1, 0.15) is 87.8 Å². The monoisotopic (exact) mass is 362 g/mol. The fourth-order valence-electron chi connectivity index (χ4n) is 2.96. The Morgan fingerprint density at radius 1 is 0.708 bits per heavy atom. The molecule has 0 bridgehead atoms. The quantitative estimate of drug-likeness (QED) is 0.245. The van der Waals surface area contributed by atoms with Crippen LogP contribution in [-0.4, -0.2) is 0 Å². The van der Waals surface area contributed by atoms with E-state index < -0.39 is 0 Å². The molecule has 0 radical (unpaired) electrons. The van der Waals surface area contributed by atoms with Gasteiger partial charge in [-0.15, -0.1) is 11.6 Å². The molecule has 0 heterocycles. The summed E-state index contributed by atoms with van der Waals surface area (Å²) in [5.74, 6) is 0.637. The van der Waals surface area contributed by atoms with Crippen molar-refractivity contribution in [2.24, 2.45) is 0 Å². The van der Waals surface area contributed by atoms with Gasteiger partial charge in [0.15, 0.2) is 0 Å². The number of hydrogen-bond acceptors (Lipinski definition) is 0. The molecular weight excluding hydrogens is 318 g/mol. The van der Waals surface area contributed by atoms with Gasteiger partial charge in [-0.2, -0.15) is 0 Å². The minimum absolute atomic E-state index is 0.